The average molecular weight is 224 g/mol. The first-order chi connectivity index (χ1) is 7.33. The predicted octanol–water partition coefficient (Wildman–Crippen LogP) is 3.69. The maximum absolute atomic E-state index is 2.55. The van der Waals surface area contributed by atoms with Crippen LogP contribution in [-0.2, 0) is 0 Å². The highest BCUT2D eigenvalue weighted by Crippen LogP contribution is 2.60. The van der Waals surface area contributed by atoms with E-state index in [1.54, 1.807) is 0 Å². The first-order valence-electron chi connectivity index (χ1n) is 7.17. The van der Waals surface area contributed by atoms with Crippen molar-refractivity contribution in [3.05, 3.63) is 0 Å². The molecule has 2 fully saturated rings. The lowest BCUT2D eigenvalue weighted by Gasteiger charge is -2.54. The highest BCUT2D eigenvalue weighted by Gasteiger charge is 2.59. The van der Waals surface area contributed by atoms with E-state index < -0.39 is 0 Å². The molecule has 2 aliphatic rings. The lowest BCUT2D eigenvalue weighted by molar-refractivity contribution is -0.926. The summed E-state index contributed by atoms with van der Waals surface area (Å²) in [6.07, 6.45) is 5.69. The smallest absolute Gasteiger partial charge is 0.0844 e. The van der Waals surface area contributed by atoms with Gasteiger partial charge in [-0.15, -0.1) is 0 Å². The van der Waals surface area contributed by atoms with E-state index in [2.05, 4.69) is 34.7 Å². The van der Waals surface area contributed by atoms with Crippen LogP contribution >= 0.6 is 0 Å². The summed E-state index contributed by atoms with van der Waals surface area (Å²) >= 11 is 0. The first kappa shape index (κ1) is 12.4. The normalized spacial score (nSPS) is 45.9. The van der Waals surface area contributed by atoms with Crippen molar-refractivity contribution < 1.29 is 4.48 Å². The van der Waals surface area contributed by atoms with Crippen molar-refractivity contribution >= 4 is 0 Å². The Morgan fingerprint density at radius 3 is 2.50 bits per heavy atom. The molecule has 1 heteroatoms. The van der Waals surface area contributed by atoms with Gasteiger partial charge in [0, 0.05) is 11.3 Å². The molecule has 3 unspecified atom stereocenters. The summed E-state index contributed by atoms with van der Waals surface area (Å²) < 4.78 is 1.35. The van der Waals surface area contributed by atoms with E-state index in [-0.39, 0.29) is 0 Å². The van der Waals surface area contributed by atoms with Gasteiger partial charge >= 0.3 is 0 Å². The third-order valence-corrected chi connectivity index (χ3v) is 6.06. The molecule has 16 heavy (non-hydrogen) atoms. The molecule has 0 radical (unpaired) electrons. The molecule has 2 rings (SSSR count). The van der Waals surface area contributed by atoms with E-state index in [1.165, 1.54) is 49.8 Å². The van der Waals surface area contributed by atoms with Crippen molar-refractivity contribution in [2.75, 3.05) is 26.7 Å². The fourth-order valence-corrected chi connectivity index (χ4v) is 4.42. The topological polar surface area (TPSA) is 0 Å². The van der Waals surface area contributed by atoms with E-state index in [9.17, 15) is 0 Å². The van der Waals surface area contributed by atoms with Crippen LogP contribution in [0.5, 0.6) is 0 Å². The summed E-state index contributed by atoms with van der Waals surface area (Å²) in [7, 11) is 2.50. The van der Waals surface area contributed by atoms with Crippen LogP contribution in [0.3, 0.4) is 0 Å². The Hall–Kier alpha value is -0.0400. The SMILES string of the molecule is CCCC[N+]1(C)CC2CCC(C)(C1)C2(C)C. The monoisotopic (exact) mass is 224 g/mol. The van der Waals surface area contributed by atoms with E-state index in [4.69, 9.17) is 0 Å². The van der Waals surface area contributed by atoms with Gasteiger partial charge in [0.1, 0.15) is 0 Å². The third kappa shape index (κ3) is 1.72. The number of unbranched alkanes of at least 4 members (excludes halogenated alkanes) is 1. The Labute approximate surface area is 102 Å². The number of fused-ring (bicyclic) bond motifs is 2. The van der Waals surface area contributed by atoms with Gasteiger partial charge in [0.2, 0.25) is 0 Å². The second-order valence-corrected chi connectivity index (χ2v) is 7.56. The molecule has 0 aromatic heterocycles. The molecule has 94 valence electrons. The molecule has 3 atom stereocenters. The second kappa shape index (κ2) is 3.73. The van der Waals surface area contributed by atoms with Crippen LogP contribution in [0.4, 0.5) is 0 Å². The molecule has 1 aliphatic carbocycles. The molecule has 0 N–H and O–H groups in total. The van der Waals surface area contributed by atoms with Crippen molar-refractivity contribution in [3.8, 4) is 0 Å². The molecule has 1 heterocycles. The van der Waals surface area contributed by atoms with Crippen molar-refractivity contribution in [1.29, 1.82) is 0 Å². The van der Waals surface area contributed by atoms with Gasteiger partial charge < -0.3 is 4.48 Å². The van der Waals surface area contributed by atoms with Gasteiger partial charge in [0.25, 0.3) is 0 Å². The summed E-state index contributed by atoms with van der Waals surface area (Å²) in [6, 6.07) is 0. The van der Waals surface area contributed by atoms with Gasteiger partial charge in [-0.25, -0.2) is 0 Å². The quantitative estimate of drug-likeness (QED) is 0.641. The molecule has 1 aliphatic heterocycles. The van der Waals surface area contributed by atoms with Gasteiger partial charge in [-0.3, -0.25) is 0 Å². The maximum atomic E-state index is 2.55. The molecule has 0 amide bonds. The van der Waals surface area contributed by atoms with Gasteiger partial charge in [0.15, 0.2) is 0 Å². The maximum Gasteiger partial charge on any atom is 0.0844 e. The standard InChI is InChI=1S/C15H30N/c1-6-7-10-16(5)11-13-8-9-15(4,12-16)14(13,2)3/h13H,6-12H2,1-5H3/q+1. The van der Waals surface area contributed by atoms with Crippen molar-refractivity contribution in [1.82, 2.24) is 0 Å². The number of quaternary nitrogens is 1. The largest absolute Gasteiger partial charge is 0.325 e. The number of nitrogens with zero attached hydrogens (tertiary/aromatic N) is 1. The Bertz CT molecular complexity index is 271. The number of likely N-dealkylation sites (tertiary alicyclic amines) is 1. The lowest BCUT2D eigenvalue weighted by atomic mass is 9.62. The molecule has 1 saturated heterocycles. The summed E-state index contributed by atoms with van der Waals surface area (Å²) in [6.45, 7) is 14.2. The zero-order chi connectivity index (χ0) is 12.0. The van der Waals surface area contributed by atoms with E-state index in [0.29, 0.717) is 10.8 Å². The Kier molecular flexibility index (Phi) is 2.89. The van der Waals surface area contributed by atoms with E-state index >= 15 is 0 Å². The zero-order valence-electron chi connectivity index (χ0n) is 12.0. The summed E-state index contributed by atoms with van der Waals surface area (Å²) in [5.41, 5.74) is 1.18. The molecule has 2 bridgehead atoms. The Morgan fingerprint density at radius 2 is 1.94 bits per heavy atom. The molecular formula is C15H30N+. The second-order valence-electron chi connectivity index (χ2n) is 7.56. The predicted molar refractivity (Wildman–Crippen MR) is 70.3 cm³/mol. The minimum atomic E-state index is 0.580. The van der Waals surface area contributed by atoms with Crippen LogP contribution < -0.4 is 0 Å². The Balaban J connectivity index is 2.15. The number of piperidine rings is 1. The van der Waals surface area contributed by atoms with Crippen LogP contribution in [0.15, 0.2) is 0 Å². The summed E-state index contributed by atoms with van der Waals surface area (Å²) in [4.78, 5) is 0. The fourth-order valence-electron chi connectivity index (χ4n) is 4.42. The first-order valence-corrected chi connectivity index (χ1v) is 7.17. The average Bonchev–Trinajstić information content (AvgIpc) is 2.37. The highest BCUT2D eigenvalue weighted by atomic mass is 15.3. The van der Waals surface area contributed by atoms with Crippen LogP contribution in [0.1, 0.15) is 53.4 Å². The highest BCUT2D eigenvalue weighted by molar-refractivity contribution is 5.02. The lowest BCUT2D eigenvalue weighted by Crippen LogP contribution is -2.61. The van der Waals surface area contributed by atoms with Gasteiger partial charge in [0.05, 0.1) is 26.7 Å². The number of hydrogen-bond acceptors (Lipinski definition) is 0. The summed E-state index contributed by atoms with van der Waals surface area (Å²) in [5, 5.41) is 0. The van der Waals surface area contributed by atoms with Crippen molar-refractivity contribution in [2.24, 2.45) is 16.7 Å². The van der Waals surface area contributed by atoms with Crippen LogP contribution in [-0.4, -0.2) is 31.2 Å². The summed E-state index contributed by atoms with van der Waals surface area (Å²) in [5.74, 6) is 0.966. The van der Waals surface area contributed by atoms with E-state index in [1.807, 2.05) is 0 Å². The molecule has 0 spiro atoms. The Morgan fingerprint density at radius 1 is 1.25 bits per heavy atom. The van der Waals surface area contributed by atoms with Crippen LogP contribution in [0.25, 0.3) is 0 Å². The van der Waals surface area contributed by atoms with Crippen LogP contribution in [0, 0.1) is 16.7 Å². The van der Waals surface area contributed by atoms with E-state index in [0.717, 1.165) is 5.92 Å². The number of rotatable bonds is 3. The van der Waals surface area contributed by atoms with Gasteiger partial charge in [-0.05, 0) is 24.7 Å². The van der Waals surface area contributed by atoms with Crippen molar-refractivity contribution in [2.45, 2.75) is 53.4 Å². The fraction of sp³-hybridized carbons (Fsp3) is 1.00. The molecular weight excluding hydrogens is 194 g/mol. The minimum absolute atomic E-state index is 0.580. The molecule has 1 saturated carbocycles. The molecule has 0 aromatic carbocycles. The number of hydrogen-bond donors (Lipinski definition) is 0. The third-order valence-electron chi connectivity index (χ3n) is 6.06. The van der Waals surface area contributed by atoms with Crippen LogP contribution in [0.2, 0.25) is 0 Å². The molecule has 0 aromatic rings. The van der Waals surface area contributed by atoms with Crippen molar-refractivity contribution in [3.63, 3.8) is 0 Å². The minimum Gasteiger partial charge on any atom is -0.325 e. The zero-order valence-corrected chi connectivity index (χ0v) is 12.0. The van der Waals surface area contributed by atoms with Gasteiger partial charge in [-0.2, -0.15) is 0 Å². The van der Waals surface area contributed by atoms with Gasteiger partial charge in [-0.1, -0.05) is 34.1 Å². The molecule has 1 nitrogen and oxygen atoms in total.